The van der Waals surface area contributed by atoms with E-state index in [2.05, 4.69) is 26.2 Å². The molecule has 2 aromatic rings. The highest BCUT2D eigenvalue weighted by Crippen LogP contribution is 2.28. The van der Waals surface area contributed by atoms with Crippen molar-refractivity contribution in [3.05, 3.63) is 56.2 Å². The Balaban J connectivity index is 2.41. The molecule has 0 unspecified atom stereocenters. The molecule has 0 aliphatic heterocycles. The molecular weight excluding hydrogens is 342 g/mol. The first-order valence-corrected chi connectivity index (χ1v) is 6.58. The van der Waals surface area contributed by atoms with Gasteiger partial charge in [-0.2, -0.15) is 0 Å². The molecule has 0 spiro atoms. The molecule has 8 heteroatoms. The Labute approximate surface area is 127 Å². The molecule has 0 fully saturated rings. The number of hydrogen-bond acceptors (Lipinski definition) is 5. The van der Waals surface area contributed by atoms with Gasteiger partial charge in [0.25, 0.3) is 0 Å². The molecule has 21 heavy (non-hydrogen) atoms. The van der Waals surface area contributed by atoms with Crippen molar-refractivity contribution < 1.29 is 14.8 Å². The molecule has 1 heterocycles. The zero-order valence-electron chi connectivity index (χ0n) is 10.8. The van der Waals surface area contributed by atoms with Crippen LogP contribution in [0, 0.1) is 17.0 Å². The van der Waals surface area contributed by atoms with Crippen LogP contribution in [0.1, 0.15) is 15.9 Å². The standard InChI is InChI=1S/C13H10BrN3O4/c1-7-4-9(2-3-10(7)14)16-12-11(17(20)21)5-8(6-15-12)13(18)19/h2-6H,1H3,(H,15,16)(H,18,19). The van der Waals surface area contributed by atoms with Gasteiger partial charge in [0, 0.05) is 22.4 Å². The first kappa shape index (κ1) is 14.9. The van der Waals surface area contributed by atoms with Crippen LogP contribution >= 0.6 is 15.9 Å². The molecule has 7 nitrogen and oxygen atoms in total. The second-order valence-corrected chi connectivity index (χ2v) is 5.10. The summed E-state index contributed by atoms with van der Waals surface area (Å²) in [5.74, 6) is -1.27. The highest BCUT2D eigenvalue weighted by Gasteiger charge is 2.19. The van der Waals surface area contributed by atoms with Crippen LogP contribution in [-0.2, 0) is 0 Å². The topological polar surface area (TPSA) is 105 Å². The fourth-order valence-corrected chi connectivity index (χ4v) is 1.91. The summed E-state index contributed by atoms with van der Waals surface area (Å²) in [6.07, 6.45) is 1.07. The third kappa shape index (κ3) is 3.34. The van der Waals surface area contributed by atoms with Gasteiger partial charge in [0.2, 0.25) is 5.82 Å². The van der Waals surface area contributed by atoms with Crippen molar-refractivity contribution >= 4 is 39.1 Å². The summed E-state index contributed by atoms with van der Waals surface area (Å²) in [6.45, 7) is 1.88. The van der Waals surface area contributed by atoms with Crippen LogP contribution in [0.5, 0.6) is 0 Å². The molecule has 2 N–H and O–H groups in total. The number of benzene rings is 1. The summed E-state index contributed by atoms with van der Waals surface area (Å²) in [6, 6.07) is 6.30. The maximum atomic E-state index is 11.0. The van der Waals surface area contributed by atoms with E-state index in [0.29, 0.717) is 5.69 Å². The van der Waals surface area contributed by atoms with Crippen LogP contribution in [0.2, 0.25) is 0 Å². The van der Waals surface area contributed by atoms with E-state index in [4.69, 9.17) is 5.11 Å². The summed E-state index contributed by atoms with van der Waals surface area (Å²) in [5, 5.41) is 22.7. The average Bonchev–Trinajstić information content (AvgIpc) is 2.43. The molecule has 0 bridgehead atoms. The van der Waals surface area contributed by atoms with Crippen LogP contribution in [0.15, 0.2) is 34.9 Å². The number of anilines is 2. The number of nitrogens with one attached hydrogen (secondary N) is 1. The van der Waals surface area contributed by atoms with E-state index in [9.17, 15) is 14.9 Å². The number of pyridine rings is 1. The van der Waals surface area contributed by atoms with Crippen molar-refractivity contribution in [1.29, 1.82) is 0 Å². The Bertz CT molecular complexity index is 733. The van der Waals surface area contributed by atoms with Gasteiger partial charge >= 0.3 is 11.7 Å². The lowest BCUT2D eigenvalue weighted by molar-refractivity contribution is -0.384. The Morgan fingerprint density at radius 2 is 2.14 bits per heavy atom. The van der Waals surface area contributed by atoms with Gasteiger partial charge in [0.05, 0.1) is 10.5 Å². The van der Waals surface area contributed by atoms with Gasteiger partial charge in [-0.1, -0.05) is 15.9 Å². The quantitative estimate of drug-likeness (QED) is 0.644. The number of carbonyl (C=O) groups is 1. The van der Waals surface area contributed by atoms with Crippen LogP contribution in [0.3, 0.4) is 0 Å². The molecule has 1 aromatic carbocycles. The van der Waals surface area contributed by atoms with E-state index >= 15 is 0 Å². The second-order valence-electron chi connectivity index (χ2n) is 4.24. The summed E-state index contributed by atoms with van der Waals surface area (Å²) in [4.78, 5) is 25.0. The van der Waals surface area contributed by atoms with Crippen molar-refractivity contribution in [2.45, 2.75) is 6.92 Å². The number of rotatable bonds is 4. The molecule has 1 aromatic heterocycles. The van der Waals surface area contributed by atoms with E-state index in [0.717, 1.165) is 22.3 Å². The summed E-state index contributed by atoms with van der Waals surface area (Å²) in [5.41, 5.74) is 0.939. The fraction of sp³-hybridized carbons (Fsp3) is 0.0769. The minimum Gasteiger partial charge on any atom is -0.478 e. The monoisotopic (exact) mass is 351 g/mol. The smallest absolute Gasteiger partial charge is 0.337 e. The van der Waals surface area contributed by atoms with Crippen molar-refractivity contribution in [2.75, 3.05) is 5.32 Å². The molecule has 0 aliphatic rings. The van der Waals surface area contributed by atoms with Gasteiger partial charge in [0.15, 0.2) is 0 Å². The number of nitrogens with zero attached hydrogens (tertiary/aromatic N) is 2. The third-order valence-corrected chi connectivity index (χ3v) is 3.62. The molecule has 0 aliphatic carbocycles. The number of aryl methyl sites for hydroxylation is 1. The lowest BCUT2D eigenvalue weighted by atomic mass is 10.2. The number of aromatic carboxylic acids is 1. The van der Waals surface area contributed by atoms with E-state index in [1.807, 2.05) is 6.92 Å². The Hall–Kier alpha value is -2.48. The maximum Gasteiger partial charge on any atom is 0.337 e. The molecule has 0 amide bonds. The predicted octanol–water partition coefficient (Wildman–Crippen LogP) is 3.50. The number of halogens is 1. The predicted molar refractivity (Wildman–Crippen MR) is 80.0 cm³/mol. The van der Waals surface area contributed by atoms with E-state index in [1.54, 1.807) is 18.2 Å². The number of hydrogen-bond donors (Lipinski definition) is 2. The zero-order valence-corrected chi connectivity index (χ0v) is 12.4. The first-order valence-electron chi connectivity index (χ1n) is 5.79. The van der Waals surface area contributed by atoms with Crippen molar-refractivity contribution in [3.63, 3.8) is 0 Å². The molecule has 0 radical (unpaired) electrons. The minimum atomic E-state index is -1.27. The fourth-order valence-electron chi connectivity index (χ4n) is 1.66. The summed E-state index contributed by atoms with van der Waals surface area (Å²) < 4.78 is 0.914. The number of carboxylic acids is 1. The van der Waals surface area contributed by atoms with Gasteiger partial charge < -0.3 is 10.4 Å². The molecule has 0 atom stereocenters. The Kier molecular flexibility index (Phi) is 4.18. The number of nitro groups is 1. The van der Waals surface area contributed by atoms with Crippen LogP contribution in [-0.4, -0.2) is 21.0 Å². The third-order valence-electron chi connectivity index (χ3n) is 2.73. The Morgan fingerprint density at radius 3 is 2.71 bits per heavy atom. The van der Waals surface area contributed by atoms with E-state index in [-0.39, 0.29) is 11.4 Å². The molecular formula is C13H10BrN3O4. The van der Waals surface area contributed by atoms with Crippen molar-refractivity contribution in [1.82, 2.24) is 4.98 Å². The second kappa shape index (κ2) is 5.88. The lowest BCUT2D eigenvalue weighted by Crippen LogP contribution is -2.04. The lowest BCUT2D eigenvalue weighted by Gasteiger charge is -2.08. The molecule has 0 saturated carbocycles. The van der Waals surface area contributed by atoms with Crippen LogP contribution in [0.4, 0.5) is 17.2 Å². The van der Waals surface area contributed by atoms with Crippen LogP contribution < -0.4 is 5.32 Å². The molecule has 0 saturated heterocycles. The SMILES string of the molecule is Cc1cc(Nc2ncc(C(=O)O)cc2[N+](=O)[O-])ccc1Br. The summed E-state index contributed by atoms with van der Waals surface area (Å²) in [7, 11) is 0. The highest BCUT2D eigenvalue weighted by atomic mass is 79.9. The van der Waals surface area contributed by atoms with E-state index in [1.165, 1.54) is 0 Å². The molecule has 108 valence electrons. The van der Waals surface area contributed by atoms with Crippen LogP contribution in [0.25, 0.3) is 0 Å². The van der Waals surface area contributed by atoms with Crippen molar-refractivity contribution in [3.8, 4) is 0 Å². The normalized spacial score (nSPS) is 10.2. The highest BCUT2D eigenvalue weighted by molar-refractivity contribution is 9.10. The largest absolute Gasteiger partial charge is 0.478 e. The zero-order chi connectivity index (χ0) is 15.6. The van der Waals surface area contributed by atoms with Gasteiger partial charge in [-0.15, -0.1) is 0 Å². The first-order chi connectivity index (χ1) is 9.88. The van der Waals surface area contributed by atoms with Gasteiger partial charge in [-0.3, -0.25) is 10.1 Å². The van der Waals surface area contributed by atoms with Gasteiger partial charge in [0.1, 0.15) is 0 Å². The van der Waals surface area contributed by atoms with Gasteiger partial charge in [-0.05, 0) is 30.7 Å². The minimum absolute atomic E-state index is 0.00766. The van der Waals surface area contributed by atoms with E-state index < -0.39 is 16.6 Å². The number of carboxylic acid groups (broad SMARTS) is 1. The Morgan fingerprint density at radius 1 is 1.43 bits per heavy atom. The number of aromatic nitrogens is 1. The maximum absolute atomic E-state index is 11.0. The van der Waals surface area contributed by atoms with Crippen molar-refractivity contribution in [2.24, 2.45) is 0 Å². The molecule has 2 rings (SSSR count). The van der Waals surface area contributed by atoms with Gasteiger partial charge in [-0.25, -0.2) is 9.78 Å². The average molecular weight is 352 g/mol. The summed E-state index contributed by atoms with van der Waals surface area (Å²) >= 11 is 3.36.